The molecule has 0 aromatic heterocycles. The highest BCUT2D eigenvalue weighted by atomic mass is 28.4. The van der Waals surface area contributed by atoms with Crippen LogP contribution < -0.4 is 0 Å². The Morgan fingerprint density at radius 3 is 2.47 bits per heavy atom. The zero-order valence-corrected chi connectivity index (χ0v) is 10.7. The number of ether oxygens (including phenoxy) is 1. The highest BCUT2D eigenvalue weighted by Crippen LogP contribution is 2.05. The first kappa shape index (κ1) is 14.3. The maximum absolute atomic E-state index is 10.7. The molecule has 0 aromatic carbocycles. The molecule has 0 spiro atoms. The van der Waals surface area contributed by atoms with Crippen molar-refractivity contribution in [2.75, 3.05) is 20.3 Å². The number of esters is 1. The Morgan fingerprint density at radius 1 is 1.33 bits per heavy atom. The van der Waals surface area contributed by atoms with Crippen LogP contribution in [0.2, 0.25) is 13.1 Å². The second kappa shape index (κ2) is 7.61. The standard InChI is InChI=1S/C10H20O4Si/c1-5-10(11)13-8-6-7-9-14-15(3,4)12-2/h5H,1,6-9H2,2-4H3. The van der Waals surface area contributed by atoms with Crippen molar-refractivity contribution < 1.29 is 18.4 Å². The van der Waals surface area contributed by atoms with E-state index in [-0.39, 0.29) is 5.97 Å². The minimum absolute atomic E-state index is 0.373. The van der Waals surface area contributed by atoms with Crippen LogP contribution in [0.1, 0.15) is 12.8 Å². The van der Waals surface area contributed by atoms with Gasteiger partial charge in [0, 0.05) is 19.8 Å². The first-order chi connectivity index (χ1) is 7.02. The fourth-order valence-corrected chi connectivity index (χ4v) is 1.57. The summed E-state index contributed by atoms with van der Waals surface area (Å²) in [5.41, 5.74) is 0. The summed E-state index contributed by atoms with van der Waals surface area (Å²) < 4.78 is 15.6. The Hall–Kier alpha value is -0.653. The van der Waals surface area contributed by atoms with Crippen molar-refractivity contribution in [2.45, 2.75) is 25.9 Å². The second-order valence-corrected chi connectivity index (χ2v) is 7.03. The van der Waals surface area contributed by atoms with E-state index < -0.39 is 8.56 Å². The van der Waals surface area contributed by atoms with Crippen molar-refractivity contribution in [1.82, 2.24) is 0 Å². The monoisotopic (exact) mass is 232 g/mol. The van der Waals surface area contributed by atoms with Crippen molar-refractivity contribution in [3.63, 3.8) is 0 Å². The van der Waals surface area contributed by atoms with Crippen molar-refractivity contribution in [3.8, 4) is 0 Å². The van der Waals surface area contributed by atoms with E-state index >= 15 is 0 Å². The topological polar surface area (TPSA) is 44.8 Å². The Balaban J connectivity index is 3.32. The predicted molar refractivity (Wildman–Crippen MR) is 60.8 cm³/mol. The molecule has 0 amide bonds. The predicted octanol–water partition coefficient (Wildman–Crippen LogP) is 1.86. The minimum Gasteiger partial charge on any atom is -0.463 e. The average Bonchev–Trinajstić information content (AvgIpc) is 2.22. The van der Waals surface area contributed by atoms with E-state index in [1.807, 2.05) is 13.1 Å². The molecule has 0 atom stereocenters. The Bertz CT molecular complexity index is 204. The lowest BCUT2D eigenvalue weighted by Crippen LogP contribution is -2.33. The molecule has 15 heavy (non-hydrogen) atoms. The number of hydrogen-bond donors (Lipinski definition) is 0. The Morgan fingerprint density at radius 2 is 1.93 bits per heavy atom. The highest BCUT2D eigenvalue weighted by Gasteiger charge is 2.21. The third kappa shape index (κ3) is 8.35. The molecule has 4 nitrogen and oxygen atoms in total. The van der Waals surface area contributed by atoms with Crippen LogP contribution in [-0.2, 0) is 18.4 Å². The van der Waals surface area contributed by atoms with Crippen molar-refractivity contribution in [1.29, 1.82) is 0 Å². The zero-order chi connectivity index (χ0) is 11.7. The molecule has 0 saturated heterocycles. The molecule has 0 aliphatic carbocycles. The number of carbonyl (C=O) groups is 1. The van der Waals surface area contributed by atoms with Crippen LogP contribution in [0.3, 0.4) is 0 Å². The van der Waals surface area contributed by atoms with Gasteiger partial charge in [-0.25, -0.2) is 4.79 Å². The third-order valence-corrected chi connectivity index (χ3v) is 3.77. The van der Waals surface area contributed by atoms with Crippen LogP contribution in [0.5, 0.6) is 0 Å². The first-order valence-electron chi connectivity index (χ1n) is 5.00. The molecule has 0 aliphatic heterocycles. The van der Waals surface area contributed by atoms with Crippen LogP contribution >= 0.6 is 0 Å². The molecule has 0 unspecified atom stereocenters. The molecular weight excluding hydrogens is 212 g/mol. The van der Waals surface area contributed by atoms with E-state index in [0.717, 1.165) is 18.9 Å². The van der Waals surface area contributed by atoms with Crippen LogP contribution in [0.25, 0.3) is 0 Å². The Labute approximate surface area is 92.5 Å². The van der Waals surface area contributed by atoms with Crippen LogP contribution in [-0.4, -0.2) is 34.9 Å². The van der Waals surface area contributed by atoms with Gasteiger partial charge < -0.3 is 13.6 Å². The Kier molecular flexibility index (Phi) is 7.28. The van der Waals surface area contributed by atoms with Crippen molar-refractivity contribution in [2.24, 2.45) is 0 Å². The fourth-order valence-electron chi connectivity index (χ4n) is 0.813. The van der Waals surface area contributed by atoms with E-state index in [0.29, 0.717) is 13.2 Å². The summed E-state index contributed by atoms with van der Waals surface area (Å²) in [7, 11) is -0.225. The summed E-state index contributed by atoms with van der Waals surface area (Å²) >= 11 is 0. The van der Waals surface area contributed by atoms with Crippen LogP contribution in [0.15, 0.2) is 12.7 Å². The number of carbonyl (C=O) groups excluding carboxylic acids is 1. The van der Waals surface area contributed by atoms with E-state index in [9.17, 15) is 4.79 Å². The normalized spacial score (nSPS) is 11.1. The van der Waals surface area contributed by atoms with Gasteiger partial charge in [-0.2, -0.15) is 0 Å². The maximum Gasteiger partial charge on any atom is 0.331 e. The van der Waals surface area contributed by atoms with Crippen molar-refractivity contribution >= 4 is 14.5 Å². The second-order valence-electron chi connectivity index (χ2n) is 3.53. The summed E-state index contributed by atoms with van der Waals surface area (Å²) in [6.07, 6.45) is 2.83. The lowest BCUT2D eigenvalue weighted by Gasteiger charge is -2.19. The third-order valence-electron chi connectivity index (χ3n) is 1.89. The fraction of sp³-hybridized carbons (Fsp3) is 0.700. The molecular formula is C10H20O4Si. The molecule has 0 radical (unpaired) electrons. The largest absolute Gasteiger partial charge is 0.463 e. The van der Waals surface area contributed by atoms with E-state index in [4.69, 9.17) is 13.6 Å². The molecule has 0 aromatic rings. The van der Waals surface area contributed by atoms with E-state index in [1.165, 1.54) is 0 Å². The highest BCUT2D eigenvalue weighted by molar-refractivity contribution is 6.64. The van der Waals surface area contributed by atoms with Gasteiger partial charge >= 0.3 is 14.5 Å². The minimum atomic E-state index is -1.89. The molecule has 0 heterocycles. The molecule has 5 heteroatoms. The summed E-state index contributed by atoms with van der Waals surface area (Å²) in [4.78, 5) is 10.7. The number of hydrogen-bond acceptors (Lipinski definition) is 4. The first-order valence-corrected chi connectivity index (χ1v) is 7.82. The van der Waals surface area contributed by atoms with Crippen LogP contribution in [0, 0.1) is 0 Å². The van der Waals surface area contributed by atoms with E-state index in [1.54, 1.807) is 7.11 Å². The number of rotatable bonds is 8. The molecule has 0 saturated carbocycles. The van der Waals surface area contributed by atoms with Gasteiger partial charge in [-0.15, -0.1) is 0 Å². The quantitative estimate of drug-likeness (QED) is 0.277. The van der Waals surface area contributed by atoms with Gasteiger partial charge in [-0.3, -0.25) is 0 Å². The van der Waals surface area contributed by atoms with Gasteiger partial charge in [-0.1, -0.05) is 6.58 Å². The molecule has 0 bridgehead atoms. The summed E-state index contributed by atoms with van der Waals surface area (Å²) in [6.45, 7) is 8.36. The van der Waals surface area contributed by atoms with Gasteiger partial charge in [0.2, 0.25) is 0 Å². The summed E-state index contributed by atoms with van der Waals surface area (Å²) in [5.74, 6) is -0.373. The van der Waals surface area contributed by atoms with Crippen LogP contribution in [0.4, 0.5) is 0 Å². The SMILES string of the molecule is C=CC(=O)OCCCCO[Si](C)(C)OC. The zero-order valence-electron chi connectivity index (χ0n) is 9.75. The van der Waals surface area contributed by atoms with Gasteiger partial charge in [0.15, 0.2) is 0 Å². The van der Waals surface area contributed by atoms with Gasteiger partial charge in [0.05, 0.1) is 6.61 Å². The van der Waals surface area contributed by atoms with Crippen molar-refractivity contribution in [3.05, 3.63) is 12.7 Å². The van der Waals surface area contributed by atoms with Gasteiger partial charge in [0.1, 0.15) is 0 Å². The summed E-state index contributed by atoms with van der Waals surface area (Å²) in [5, 5.41) is 0. The molecule has 0 N–H and O–H groups in total. The smallest absolute Gasteiger partial charge is 0.331 e. The van der Waals surface area contributed by atoms with Gasteiger partial charge in [0.25, 0.3) is 0 Å². The molecule has 0 rings (SSSR count). The lowest BCUT2D eigenvalue weighted by atomic mass is 10.3. The molecule has 0 aliphatic rings. The van der Waals surface area contributed by atoms with E-state index in [2.05, 4.69) is 6.58 Å². The average molecular weight is 232 g/mol. The number of unbranched alkanes of at least 4 members (excludes halogenated alkanes) is 1. The lowest BCUT2D eigenvalue weighted by molar-refractivity contribution is -0.137. The summed E-state index contributed by atoms with van der Waals surface area (Å²) in [6, 6.07) is 0. The molecule has 88 valence electrons. The maximum atomic E-state index is 10.7. The molecule has 0 fully saturated rings. The van der Waals surface area contributed by atoms with Gasteiger partial charge in [-0.05, 0) is 25.9 Å².